The third-order valence-electron chi connectivity index (χ3n) is 6.24. The zero-order valence-corrected chi connectivity index (χ0v) is 15.0. The number of hydrogen-bond acceptors (Lipinski definition) is 2. The fraction of sp³-hybridized carbons (Fsp3) is 0.714. The summed E-state index contributed by atoms with van der Waals surface area (Å²) in [5.41, 5.74) is 1.46. The van der Waals surface area contributed by atoms with Crippen LogP contribution in [0.5, 0.6) is 0 Å². The molecular formula is C21H34N2. The second-order valence-corrected chi connectivity index (χ2v) is 7.78. The molecule has 2 fully saturated rings. The van der Waals surface area contributed by atoms with E-state index < -0.39 is 0 Å². The quantitative estimate of drug-likeness (QED) is 0.863. The van der Waals surface area contributed by atoms with Crippen LogP contribution < -0.4 is 5.32 Å². The summed E-state index contributed by atoms with van der Waals surface area (Å²) in [6.45, 7) is 8.27. The SMILES string of the molecule is CCC(C)C1CNC(C2CCCCC2)CN1Cc1ccccc1. The van der Waals surface area contributed by atoms with Crippen LogP contribution >= 0.6 is 0 Å². The van der Waals surface area contributed by atoms with Crippen molar-refractivity contribution in [2.24, 2.45) is 11.8 Å². The molecule has 1 N–H and O–H groups in total. The Morgan fingerprint density at radius 3 is 2.57 bits per heavy atom. The number of nitrogens with one attached hydrogen (secondary N) is 1. The zero-order chi connectivity index (χ0) is 16.1. The fourth-order valence-corrected chi connectivity index (χ4v) is 4.54. The molecule has 0 amide bonds. The van der Waals surface area contributed by atoms with Crippen molar-refractivity contribution in [1.82, 2.24) is 10.2 Å². The molecule has 23 heavy (non-hydrogen) atoms. The van der Waals surface area contributed by atoms with Gasteiger partial charge in [0.25, 0.3) is 0 Å². The van der Waals surface area contributed by atoms with Gasteiger partial charge in [0.05, 0.1) is 0 Å². The first-order chi connectivity index (χ1) is 11.3. The van der Waals surface area contributed by atoms with E-state index >= 15 is 0 Å². The Hall–Kier alpha value is -0.860. The second-order valence-electron chi connectivity index (χ2n) is 7.78. The number of benzene rings is 1. The van der Waals surface area contributed by atoms with Crippen molar-refractivity contribution in [2.45, 2.75) is 71.0 Å². The van der Waals surface area contributed by atoms with E-state index in [1.54, 1.807) is 0 Å². The van der Waals surface area contributed by atoms with E-state index in [0.717, 1.165) is 18.4 Å². The first-order valence-electron chi connectivity index (χ1n) is 9.79. The maximum atomic E-state index is 3.93. The van der Waals surface area contributed by atoms with Gasteiger partial charge in [-0.05, 0) is 30.2 Å². The van der Waals surface area contributed by atoms with Gasteiger partial charge in [-0.15, -0.1) is 0 Å². The first kappa shape index (κ1) is 17.0. The van der Waals surface area contributed by atoms with Gasteiger partial charge < -0.3 is 5.32 Å². The molecule has 1 aliphatic carbocycles. The van der Waals surface area contributed by atoms with E-state index in [-0.39, 0.29) is 0 Å². The molecule has 1 saturated carbocycles. The second kappa shape index (κ2) is 8.30. The molecule has 2 nitrogen and oxygen atoms in total. The summed E-state index contributed by atoms with van der Waals surface area (Å²) in [7, 11) is 0. The van der Waals surface area contributed by atoms with Gasteiger partial charge in [0.2, 0.25) is 0 Å². The average Bonchev–Trinajstić information content (AvgIpc) is 2.62. The number of rotatable bonds is 5. The van der Waals surface area contributed by atoms with Crippen LogP contribution in [0.3, 0.4) is 0 Å². The van der Waals surface area contributed by atoms with Crippen molar-refractivity contribution >= 4 is 0 Å². The summed E-state index contributed by atoms with van der Waals surface area (Å²) in [6, 6.07) is 12.4. The van der Waals surface area contributed by atoms with E-state index in [1.165, 1.54) is 57.2 Å². The predicted octanol–water partition coefficient (Wildman–Crippen LogP) is 4.46. The first-order valence-corrected chi connectivity index (χ1v) is 9.79. The monoisotopic (exact) mass is 314 g/mol. The Morgan fingerprint density at radius 2 is 1.87 bits per heavy atom. The van der Waals surface area contributed by atoms with E-state index in [0.29, 0.717) is 12.1 Å². The maximum Gasteiger partial charge on any atom is 0.0250 e. The van der Waals surface area contributed by atoms with Crippen molar-refractivity contribution < 1.29 is 0 Å². The van der Waals surface area contributed by atoms with Gasteiger partial charge in [-0.2, -0.15) is 0 Å². The highest BCUT2D eigenvalue weighted by Gasteiger charge is 2.34. The van der Waals surface area contributed by atoms with Gasteiger partial charge in [0.15, 0.2) is 0 Å². The molecule has 3 atom stereocenters. The van der Waals surface area contributed by atoms with E-state index in [4.69, 9.17) is 0 Å². The molecule has 1 saturated heterocycles. The van der Waals surface area contributed by atoms with Crippen LogP contribution in [0.4, 0.5) is 0 Å². The largest absolute Gasteiger partial charge is 0.311 e. The lowest BCUT2D eigenvalue weighted by Gasteiger charge is -2.46. The molecule has 1 aromatic rings. The topological polar surface area (TPSA) is 15.3 Å². The number of nitrogens with zero attached hydrogens (tertiary/aromatic N) is 1. The zero-order valence-electron chi connectivity index (χ0n) is 15.0. The van der Waals surface area contributed by atoms with Crippen molar-refractivity contribution in [3.8, 4) is 0 Å². The van der Waals surface area contributed by atoms with Crippen LogP contribution in [0.1, 0.15) is 57.9 Å². The molecule has 0 radical (unpaired) electrons. The molecule has 2 heteroatoms. The molecule has 128 valence electrons. The molecule has 0 spiro atoms. The summed E-state index contributed by atoms with van der Waals surface area (Å²) in [6.07, 6.45) is 8.47. The molecule has 1 heterocycles. The Bertz CT molecular complexity index is 452. The standard InChI is InChI=1S/C21H34N2/c1-3-17(2)21-14-22-20(19-12-8-5-9-13-19)16-23(21)15-18-10-6-4-7-11-18/h4,6-7,10-11,17,19-22H,3,5,8-9,12-16H2,1-2H3. The van der Waals surface area contributed by atoms with Crippen molar-refractivity contribution in [2.75, 3.05) is 13.1 Å². The predicted molar refractivity (Wildman–Crippen MR) is 98.5 cm³/mol. The molecular weight excluding hydrogens is 280 g/mol. The minimum Gasteiger partial charge on any atom is -0.311 e. The van der Waals surface area contributed by atoms with Gasteiger partial charge in [0.1, 0.15) is 0 Å². The molecule has 0 bridgehead atoms. The molecule has 3 rings (SSSR count). The summed E-state index contributed by atoms with van der Waals surface area (Å²) in [5.74, 6) is 1.67. The van der Waals surface area contributed by atoms with Gasteiger partial charge in [-0.3, -0.25) is 4.90 Å². The third-order valence-corrected chi connectivity index (χ3v) is 6.24. The summed E-state index contributed by atoms with van der Waals surface area (Å²) < 4.78 is 0. The van der Waals surface area contributed by atoms with E-state index in [9.17, 15) is 0 Å². The minimum atomic E-state index is 0.681. The molecule has 0 aromatic heterocycles. The van der Waals surface area contributed by atoms with Gasteiger partial charge >= 0.3 is 0 Å². The Balaban J connectivity index is 1.69. The molecule has 1 aliphatic heterocycles. The van der Waals surface area contributed by atoms with Gasteiger partial charge in [-0.1, -0.05) is 69.9 Å². The average molecular weight is 315 g/mol. The van der Waals surface area contributed by atoms with Crippen LogP contribution in [0.25, 0.3) is 0 Å². The third kappa shape index (κ3) is 4.36. The Kier molecular flexibility index (Phi) is 6.13. The van der Waals surface area contributed by atoms with Crippen LogP contribution in [0.15, 0.2) is 30.3 Å². The normalized spacial score (nSPS) is 28.6. The smallest absolute Gasteiger partial charge is 0.0250 e. The van der Waals surface area contributed by atoms with Gasteiger partial charge in [-0.25, -0.2) is 0 Å². The fourth-order valence-electron chi connectivity index (χ4n) is 4.54. The van der Waals surface area contributed by atoms with Gasteiger partial charge in [0, 0.05) is 31.7 Å². The summed E-state index contributed by atoms with van der Waals surface area (Å²) in [5, 5.41) is 3.93. The van der Waals surface area contributed by atoms with Crippen LogP contribution in [-0.4, -0.2) is 30.1 Å². The maximum absolute atomic E-state index is 3.93. The number of piperazine rings is 1. The minimum absolute atomic E-state index is 0.681. The Labute approximate surface area is 142 Å². The molecule has 3 unspecified atom stereocenters. The molecule has 2 aliphatic rings. The van der Waals surface area contributed by atoms with E-state index in [2.05, 4.69) is 54.4 Å². The number of hydrogen-bond donors (Lipinski definition) is 1. The highest BCUT2D eigenvalue weighted by Crippen LogP contribution is 2.30. The van der Waals surface area contributed by atoms with Crippen LogP contribution in [-0.2, 0) is 6.54 Å². The van der Waals surface area contributed by atoms with Crippen molar-refractivity contribution in [1.29, 1.82) is 0 Å². The van der Waals surface area contributed by atoms with Crippen molar-refractivity contribution in [3.63, 3.8) is 0 Å². The summed E-state index contributed by atoms with van der Waals surface area (Å²) in [4.78, 5) is 2.78. The lowest BCUT2D eigenvalue weighted by Crippen LogP contribution is -2.60. The van der Waals surface area contributed by atoms with Crippen molar-refractivity contribution in [3.05, 3.63) is 35.9 Å². The van der Waals surface area contributed by atoms with Crippen LogP contribution in [0, 0.1) is 11.8 Å². The highest BCUT2D eigenvalue weighted by molar-refractivity contribution is 5.15. The highest BCUT2D eigenvalue weighted by atomic mass is 15.2. The lowest BCUT2D eigenvalue weighted by molar-refractivity contribution is 0.0606. The van der Waals surface area contributed by atoms with E-state index in [1.807, 2.05) is 0 Å². The van der Waals surface area contributed by atoms with Crippen LogP contribution in [0.2, 0.25) is 0 Å². The Morgan fingerprint density at radius 1 is 1.13 bits per heavy atom. The molecule has 1 aromatic carbocycles. The lowest BCUT2D eigenvalue weighted by atomic mass is 9.81. The summed E-state index contributed by atoms with van der Waals surface area (Å²) >= 11 is 0.